The molecule has 0 spiro atoms. The number of nitrogens with one attached hydrogen (secondary N) is 1. The van der Waals surface area contributed by atoms with E-state index in [1.165, 1.54) is 0 Å². The van der Waals surface area contributed by atoms with E-state index in [0.717, 1.165) is 16.9 Å². The minimum Gasteiger partial charge on any atom is -0.326 e. The third kappa shape index (κ3) is 3.85. The Labute approximate surface area is 152 Å². The van der Waals surface area contributed by atoms with Gasteiger partial charge in [0.05, 0.1) is 5.92 Å². The van der Waals surface area contributed by atoms with Crippen molar-refractivity contribution in [3.05, 3.63) is 59.1 Å². The number of hydrogen-bond acceptors (Lipinski definition) is 2. The zero-order valence-electron chi connectivity index (χ0n) is 14.3. The molecule has 130 valence electrons. The van der Waals surface area contributed by atoms with E-state index in [2.05, 4.69) is 19.2 Å². The molecule has 1 aliphatic heterocycles. The summed E-state index contributed by atoms with van der Waals surface area (Å²) in [7, 11) is 0. The van der Waals surface area contributed by atoms with Crippen LogP contribution in [0, 0.1) is 5.92 Å². The van der Waals surface area contributed by atoms with E-state index in [1.807, 2.05) is 24.3 Å². The first-order valence-corrected chi connectivity index (χ1v) is 8.79. The molecule has 1 atom stereocenters. The van der Waals surface area contributed by atoms with Crippen LogP contribution < -0.4 is 10.2 Å². The summed E-state index contributed by atoms with van der Waals surface area (Å²) >= 11 is 5.90. The van der Waals surface area contributed by atoms with E-state index >= 15 is 0 Å². The molecule has 2 amide bonds. The number of benzene rings is 2. The molecule has 5 heteroatoms. The van der Waals surface area contributed by atoms with Gasteiger partial charge in [0.2, 0.25) is 11.8 Å². The second-order valence-electron chi connectivity index (χ2n) is 6.61. The van der Waals surface area contributed by atoms with Crippen molar-refractivity contribution in [2.45, 2.75) is 26.2 Å². The molecule has 25 heavy (non-hydrogen) atoms. The third-order valence-electron chi connectivity index (χ3n) is 4.47. The van der Waals surface area contributed by atoms with Crippen LogP contribution in [0.5, 0.6) is 0 Å². The molecule has 0 radical (unpaired) electrons. The van der Waals surface area contributed by atoms with Crippen molar-refractivity contribution in [1.82, 2.24) is 0 Å². The molecular formula is C20H21ClN2O2. The molecule has 0 aromatic heterocycles. The summed E-state index contributed by atoms with van der Waals surface area (Å²) in [6, 6.07) is 14.9. The molecule has 1 N–H and O–H groups in total. The molecule has 2 aromatic carbocycles. The van der Waals surface area contributed by atoms with Gasteiger partial charge in [-0.25, -0.2) is 0 Å². The van der Waals surface area contributed by atoms with E-state index in [-0.39, 0.29) is 24.2 Å². The SMILES string of the molecule is CC(C)c1ccccc1NC(=O)[C@H]1CC(=O)N(c2ccc(Cl)cc2)C1. The van der Waals surface area contributed by atoms with Crippen LogP contribution in [-0.4, -0.2) is 18.4 Å². The highest BCUT2D eigenvalue weighted by Gasteiger charge is 2.35. The van der Waals surface area contributed by atoms with Gasteiger partial charge in [-0.15, -0.1) is 0 Å². The van der Waals surface area contributed by atoms with Crippen molar-refractivity contribution in [1.29, 1.82) is 0 Å². The molecule has 1 saturated heterocycles. The average molecular weight is 357 g/mol. The number of anilines is 2. The first-order valence-electron chi connectivity index (χ1n) is 8.41. The average Bonchev–Trinajstić information content (AvgIpc) is 2.98. The summed E-state index contributed by atoms with van der Waals surface area (Å²) in [5.41, 5.74) is 2.68. The fourth-order valence-electron chi connectivity index (χ4n) is 3.10. The molecule has 0 bridgehead atoms. The van der Waals surface area contributed by atoms with E-state index in [9.17, 15) is 9.59 Å². The Balaban J connectivity index is 1.72. The quantitative estimate of drug-likeness (QED) is 0.879. The lowest BCUT2D eigenvalue weighted by Gasteiger charge is -2.18. The summed E-state index contributed by atoms with van der Waals surface area (Å²) in [6.45, 7) is 4.56. The minimum absolute atomic E-state index is 0.0420. The number of nitrogens with zero attached hydrogens (tertiary/aromatic N) is 1. The smallest absolute Gasteiger partial charge is 0.229 e. The molecule has 0 aliphatic carbocycles. The number of para-hydroxylation sites is 1. The van der Waals surface area contributed by atoms with Gasteiger partial charge in [0, 0.05) is 29.4 Å². The van der Waals surface area contributed by atoms with Gasteiger partial charge in [0.15, 0.2) is 0 Å². The van der Waals surface area contributed by atoms with Gasteiger partial charge in [-0.1, -0.05) is 43.6 Å². The molecule has 2 aromatic rings. The highest BCUT2D eigenvalue weighted by Crippen LogP contribution is 2.29. The molecule has 1 heterocycles. The summed E-state index contributed by atoms with van der Waals surface area (Å²) in [5, 5.41) is 3.62. The Kier molecular flexibility index (Phi) is 5.09. The summed E-state index contributed by atoms with van der Waals surface area (Å²) < 4.78 is 0. The fourth-order valence-corrected chi connectivity index (χ4v) is 3.23. The Morgan fingerprint density at radius 1 is 1.16 bits per heavy atom. The third-order valence-corrected chi connectivity index (χ3v) is 4.73. The molecule has 0 unspecified atom stereocenters. The maximum absolute atomic E-state index is 12.7. The normalized spacial score (nSPS) is 17.2. The van der Waals surface area contributed by atoms with E-state index in [4.69, 9.17) is 11.6 Å². The van der Waals surface area contributed by atoms with Crippen LogP contribution in [-0.2, 0) is 9.59 Å². The number of carbonyl (C=O) groups excluding carboxylic acids is 2. The predicted octanol–water partition coefficient (Wildman–Crippen LogP) is 4.46. The zero-order valence-corrected chi connectivity index (χ0v) is 15.1. The van der Waals surface area contributed by atoms with Gasteiger partial charge in [0.1, 0.15) is 0 Å². The van der Waals surface area contributed by atoms with Crippen LogP contribution in [0.15, 0.2) is 48.5 Å². The van der Waals surface area contributed by atoms with Crippen molar-refractivity contribution in [2.24, 2.45) is 5.92 Å². The standard InChI is InChI=1S/C20H21ClN2O2/c1-13(2)17-5-3-4-6-18(17)22-20(25)14-11-19(24)23(12-14)16-9-7-15(21)8-10-16/h3-10,13-14H,11-12H2,1-2H3,(H,22,25)/t14-/m0/s1. The fraction of sp³-hybridized carbons (Fsp3) is 0.300. The van der Waals surface area contributed by atoms with Gasteiger partial charge >= 0.3 is 0 Å². The second kappa shape index (κ2) is 7.28. The molecular weight excluding hydrogens is 336 g/mol. The lowest BCUT2D eigenvalue weighted by molar-refractivity contribution is -0.122. The van der Waals surface area contributed by atoms with Crippen molar-refractivity contribution in [3.63, 3.8) is 0 Å². The molecule has 1 fully saturated rings. The Morgan fingerprint density at radius 3 is 2.52 bits per heavy atom. The topological polar surface area (TPSA) is 49.4 Å². The Morgan fingerprint density at radius 2 is 1.84 bits per heavy atom. The van der Waals surface area contributed by atoms with Crippen LogP contribution in [0.25, 0.3) is 0 Å². The van der Waals surface area contributed by atoms with E-state index in [1.54, 1.807) is 29.2 Å². The van der Waals surface area contributed by atoms with Gasteiger partial charge < -0.3 is 10.2 Å². The highest BCUT2D eigenvalue weighted by molar-refractivity contribution is 6.30. The maximum atomic E-state index is 12.7. The Bertz CT molecular complexity index is 787. The first-order chi connectivity index (χ1) is 12.0. The van der Waals surface area contributed by atoms with Gasteiger partial charge in [-0.2, -0.15) is 0 Å². The number of hydrogen-bond donors (Lipinski definition) is 1. The van der Waals surface area contributed by atoms with E-state index in [0.29, 0.717) is 17.5 Å². The zero-order chi connectivity index (χ0) is 18.0. The monoisotopic (exact) mass is 356 g/mol. The van der Waals surface area contributed by atoms with Crippen LogP contribution in [0.4, 0.5) is 11.4 Å². The van der Waals surface area contributed by atoms with Crippen LogP contribution in [0.2, 0.25) is 5.02 Å². The van der Waals surface area contributed by atoms with Gasteiger partial charge in [-0.3, -0.25) is 9.59 Å². The maximum Gasteiger partial charge on any atom is 0.229 e. The number of halogens is 1. The van der Waals surface area contributed by atoms with Crippen LogP contribution >= 0.6 is 11.6 Å². The number of carbonyl (C=O) groups is 2. The highest BCUT2D eigenvalue weighted by atomic mass is 35.5. The lowest BCUT2D eigenvalue weighted by atomic mass is 10.0. The van der Waals surface area contributed by atoms with Crippen molar-refractivity contribution in [3.8, 4) is 0 Å². The lowest BCUT2D eigenvalue weighted by Crippen LogP contribution is -2.28. The number of rotatable bonds is 4. The molecule has 4 nitrogen and oxygen atoms in total. The second-order valence-corrected chi connectivity index (χ2v) is 7.05. The van der Waals surface area contributed by atoms with E-state index < -0.39 is 0 Å². The minimum atomic E-state index is -0.358. The predicted molar refractivity (Wildman–Crippen MR) is 101 cm³/mol. The largest absolute Gasteiger partial charge is 0.326 e. The van der Waals surface area contributed by atoms with Crippen molar-refractivity contribution in [2.75, 3.05) is 16.8 Å². The first kappa shape index (κ1) is 17.5. The molecule has 1 aliphatic rings. The summed E-state index contributed by atoms with van der Waals surface area (Å²) in [6.07, 6.45) is 0.221. The van der Waals surface area contributed by atoms with Crippen LogP contribution in [0.1, 0.15) is 31.7 Å². The summed E-state index contributed by atoms with van der Waals surface area (Å²) in [4.78, 5) is 26.6. The van der Waals surface area contributed by atoms with Crippen molar-refractivity contribution >= 4 is 34.8 Å². The molecule has 0 saturated carbocycles. The van der Waals surface area contributed by atoms with Crippen molar-refractivity contribution < 1.29 is 9.59 Å². The van der Waals surface area contributed by atoms with Crippen LogP contribution in [0.3, 0.4) is 0 Å². The summed E-state index contributed by atoms with van der Waals surface area (Å²) in [5.74, 6) is -0.201. The number of amides is 2. The van der Waals surface area contributed by atoms with Gasteiger partial charge in [0.25, 0.3) is 0 Å². The Hall–Kier alpha value is -2.33. The molecule has 3 rings (SSSR count). The van der Waals surface area contributed by atoms with Gasteiger partial charge in [-0.05, 0) is 41.8 Å².